The second-order valence-corrected chi connectivity index (χ2v) is 5.67. The summed E-state index contributed by atoms with van der Waals surface area (Å²) in [7, 11) is 0. The lowest BCUT2D eigenvalue weighted by Gasteiger charge is -2.17. The van der Waals surface area contributed by atoms with Gasteiger partial charge in [-0.3, -0.25) is 4.79 Å². The van der Waals surface area contributed by atoms with Gasteiger partial charge in [-0.15, -0.1) is 0 Å². The van der Waals surface area contributed by atoms with E-state index in [9.17, 15) is 4.79 Å². The van der Waals surface area contributed by atoms with Crippen LogP contribution in [0, 0.1) is 0 Å². The van der Waals surface area contributed by atoms with Crippen molar-refractivity contribution in [3.8, 4) is 5.75 Å². The van der Waals surface area contributed by atoms with Gasteiger partial charge in [0.25, 0.3) is 5.91 Å². The molecule has 1 amide bonds. The molecule has 0 radical (unpaired) electrons. The van der Waals surface area contributed by atoms with Crippen molar-refractivity contribution in [1.82, 2.24) is 0 Å². The highest BCUT2D eigenvalue weighted by molar-refractivity contribution is 6.05. The summed E-state index contributed by atoms with van der Waals surface area (Å²) in [5, 5.41) is 0. The Morgan fingerprint density at radius 2 is 1.83 bits per heavy atom. The quantitative estimate of drug-likeness (QED) is 0.740. The van der Waals surface area contributed by atoms with Crippen LogP contribution in [0.4, 0.5) is 5.69 Å². The molecule has 1 heterocycles. The fourth-order valence-corrected chi connectivity index (χ4v) is 2.88. The van der Waals surface area contributed by atoms with E-state index in [1.54, 1.807) is 17.1 Å². The molecule has 0 unspecified atom stereocenters. The lowest BCUT2D eigenvalue weighted by atomic mass is 9.96. The van der Waals surface area contributed by atoms with Gasteiger partial charge < -0.3 is 4.74 Å². The van der Waals surface area contributed by atoms with Crippen molar-refractivity contribution in [3.63, 3.8) is 0 Å². The van der Waals surface area contributed by atoms with Gasteiger partial charge in [-0.05, 0) is 43.2 Å². The van der Waals surface area contributed by atoms with Crippen molar-refractivity contribution in [2.24, 2.45) is 0 Å². The van der Waals surface area contributed by atoms with E-state index in [1.807, 2.05) is 55.5 Å². The number of hydrogen-bond donors (Lipinski definition) is 0. The molecule has 3 rings (SSSR count). The predicted molar refractivity (Wildman–Crippen MR) is 96.9 cm³/mol. The molecule has 0 spiro atoms. The minimum atomic E-state index is -0.100. The van der Waals surface area contributed by atoms with Gasteiger partial charge in [0.05, 0.1) is 5.69 Å². The average molecular weight is 319 g/mol. The molecule has 0 saturated carbocycles. The third-order valence-corrected chi connectivity index (χ3v) is 4.08. The zero-order valence-electron chi connectivity index (χ0n) is 14.0. The van der Waals surface area contributed by atoms with Crippen molar-refractivity contribution in [1.29, 1.82) is 0 Å². The Balaban J connectivity index is 2.01. The first-order valence-electron chi connectivity index (χ1n) is 8.25. The molecule has 1 atom stereocenters. The molecule has 1 aliphatic heterocycles. The molecule has 122 valence electrons. The van der Waals surface area contributed by atoms with Crippen LogP contribution in [0.25, 0.3) is 0 Å². The molecule has 2 aromatic carbocycles. The van der Waals surface area contributed by atoms with Crippen molar-refractivity contribution >= 4 is 11.6 Å². The number of nitrogens with zero attached hydrogens (tertiary/aromatic N) is 1. The van der Waals surface area contributed by atoms with Crippen molar-refractivity contribution in [3.05, 3.63) is 84.3 Å². The molecule has 3 heteroatoms. The second-order valence-electron chi connectivity index (χ2n) is 5.67. The van der Waals surface area contributed by atoms with E-state index >= 15 is 0 Å². The number of amides is 1. The maximum absolute atomic E-state index is 12.5. The number of benzene rings is 2. The number of anilines is 1. The van der Waals surface area contributed by atoms with Gasteiger partial charge in [0.15, 0.2) is 5.75 Å². The van der Waals surface area contributed by atoms with Crippen molar-refractivity contribution in [2.75, 3.05) is 4.90 Å². The highest BCUT2D eigenvalue weighted by atomic mass is 16.5. The maximum Gasteiger partial charge on any atom is 0.257 e. The minimum absolute atomic E-state index is 0.100. The van der Waals surface area contributed by atoms with Crippen molar-refractivity contribution < 1.29 is 9.53 Å². The average Bonchev–Trinajstić information content (AvgIpc) is 2.98. The fourth-order valence-electron chi connectivity index (χ4n) is 2.88. The summed E-state index contributed by atoms with van der Waals surface area (Å²) in [6, 6.07) is 17.9. The Kier molecular flexibility index (Phi) is 4.80. The van der Waals surface area contributed by atoms with Gasteiger partial charge in [-0.1, -0.05) is 55.5 Å². The van der Waals surface area contributed by atoms with Crippen LogP contribution in [0.2, 0.25) is 0 Å². The lowest BCUT2D eigenvalue weighted by Crippen LogP contribution is -2.27. The molecular formula is C21H21NO2. The number of fused-ring (bicyclic) bond motifs is 1. The third kappa shape index (κ3) is 3.11. The Labute approximate surface area is 142 Å². The number of ether oxygens (including phenoxy) is 1. The molecule has 0 aromatic heterocycles. The van der Waals surface area contributed by atoms with E-state index in [0.29, 0.717) is 11.6 Å². The Hall–Kier alpha value is -2.81. The molecular weight excluding hydrogens is 298 g/mol. The number of carbonyl (C=O) groups is 1. The first-order valence-corrected chi connectivity index (χ1v) is 8.25. The molecule has 0 aliphatic carbocycles. The van der Waals surface area contributed by atoms with E-state index in [0.717, 1.165) is 12.1 Å². The number of para-hydroxylation sites is 2. The van der Waals surface area contributed by atoms with Gasteiger partial charge in [-0.25, -0.2) is 4.90 Å². The fraction of sp³-hybridized carbons (Fsp3) is 0.190. The molecule has 0 bridgehead atoms. The van der Waals surface area contributed by atoms with Gasteiger partial charge in [-0.2, -0.15) is 0 Å². The standard InChI is InChI=1S/C21H21NO2/c1-3-10-20(23)22-18-13-8-9-14-19(18)24-21(22)15-16(4-2)17-11-6-5-7-12-17/h3,5-16H,4H2,1-2H3/b10-3+,21-15-/t16-/m0/s1. The van der Waals surface area contributed by atoms with Gasteiger partial charge in [0.2, 0.25) is 5.88 Å². The highest BCUT2D eigenvalue weighted by Crippen LogP contribution is 2.40. The monoisotopic (exact) mass is 319 g/mol. The lowest BCUT2D eigenvalue weighted by molar-refractivity contribution is -0.113. The third-order valence-electron chi connectivity index (χ3n) is 4.08. The van der Waals surface area contributed by atoms with E-state index in [-0.39, 0.29) is 11.8 Å². The maximum atomic E-state index is 12.5. The Bertz CT molecular complexity index is 777. The van der Waals surface area contributed by atoms with Gasteiger partial charge >= 0.3 is 0 Å². The molecule has 0 fully saturated rings. The molecule has 3 nitrogen and oxygen atoms in total. The van der Waals surface area contributed by atoms with Crippen LogP contribution in [0.5, 0.6) is 5.75 Å². The number of rotatable bonds is 4. The Morgan fingerprint density at radius 3 is 2.54 bits per heavy atom. The molecule has 0 saturated heterocycles. The first kappa shape index (κ1) is 16.1. The minimum Gasteiger partial charge on any atom is -0.438 e. The number of allylic oxidation sites excluding steroid dienone is 2. The topological polar surface area (TPSA) is 29.5 Å². The normalized spacial score (nSPS) is 16.2. The van der Waals surface area contributed by atoms with Crippen LogP contribution >= 0.6 is 0 Å². The van der Waals surface area contributed by atoms with Crippen molar-refractivity contribution in [2.45, 2.75) is 26.2 Å². The van der Waals surface area contributed by atoms with Crippen LogP contribution in [-0.4, -0.2) is 5.91 Å². The molecule has 2 aromatic rings. The van der Waals surface area contributed by atoms with Crippen LogP contribution in [0.15, 0.2) is 78.7 Å². The summed E-state index contributed by atoms with van der Waals surface area (Å²) in [6.07, 6.45) is 6.27. The van der Waals surface area contributed by atoms with Gasteiger partial charge in [0, 0.05) is 5.92 Å². The first-order chi connectivity index (χ1) is 11.7. The number of carbonyl (C=O) groups excluding carboxylic acids is 1. The Morgan fingerprint density at radius 1 is 1.12 bits per heavy atom. The second kappa shape index (κ2) is 7.18. The zero-order chi connectivity index (χ0) is 16.9. The summed E-state index contributed by atoms with van der Waals surface area (Å²) >= 11 is 0. The van der Waals surface area contributed by atoms with Gasteiger partial charge in [0.1, 0.15) is 0 Å². The smallest absolute Gasteiger partial charge is 0.257 e. The summed E-state index contributed by atoms with van der Waals surface area (Å²) in [5.41, 5.74) is 2.00. The SMILES string of the molecule is C/C=C/C(=O)N1/C(=C/[C@H](CC)c2ccccc2)Oc2ccccc21. The predicted octanol–water partition coefficient (Wildman–Crippen LogP) is 5.02. The number of hydrogen-bond acceptors (Lipinski definition) is 2. The largest absolute Gasteiger partial charge is 0.438 e. The zero-order valence-corrected chi connectivity index (χ0v) is 14.0. The van der Waals surface area contributed by atoms with Crippen LogP contribution in [-0.2, 0) is 4.79 Å². The molecule has 24 heavy (non-hydrogen) atoms. The van der Waals surface area contributed by atoms with E-state index in [4.69, 9.17) is 4.74 Å². The summed E-state index contributed by atoms with van der Waals surface area (Å²) in [5.74, 6) is 1.38. The van der Waals surface area contributed by atoms with Crippen LogP contribution < -0.4 is 9.64 Å². The highest BCUT2D eigenvalue weighted by Gasteiger charge is 2.30. The van der Waals surface area contributed by atoms with E-state index in [2.05, 4.69) is 19.1 Å². The van der Waals surface area contributed by atoms with E-state index in [1.165, 1.54) is 5.56 Å². The molecule has 0 N–H and O–H groups in total. The van der Waals surface area contributed by atoms with Crippen LogP contribution in [0.3, 0.4) is 0 Å². The van der Waals surface area contributed by atoms with E-state index < -0.39 is 0 Å². The summed E-state index contributed by atoms with van der Waals surface area (Å²) in [4.78, 5) is 14.2. The molecule has 1 aliphatic rings. The summed E-state index contributed by atoms with van der Waals surface area (Å²) in [6.45, 7) is 3.97. The summed E-state index contributed by atoms with van der Waals surface area (Å²) < 4.78 is 5.97. The van der Waals surface area contributed by atoms with Crippen LogP contribution in [0.1, 0.15) is 31.7 Å².